The number of rotatable bonds is 6. The molecule has 10 heteroatoms. The third-order valence-electron chi connectivity index (χ3n) is 5.16. The fraction of sp³-hybridized carbons (Fsp3) is 0.368. The highest BCUT2D eigenvalue weighted by Gasteiger charge is 2.31. The van der Waals surface area contributed by atoms with Crippen LogP contribution >= 0.6 is 27.3 Å². The second-order valence-electron chi connectivity index (χ2n) is 7.47. The van der Waals surface area contributed by atoms with E-state index in [9.17, 15) is 9.59 Å². The Morgan fingerprint density at radius 1 is 1.31 bits per heavy atom. The summed E-state index contributed by atoms with van der Waals surface area (Å²) in [7, 11) is 0. The van der Waals surface area contributed by atoms with Crippen LogP contribution in [0.1, 0.15) is 42.2 Å². The summed E-state index contributed by atoms with van der Waals surface area (Å²) in [4.78, 5) is 30.0. The molecular weight excluding hydrogens is 456 g/mol. The van der Waals surface area contributed by atoms with Crippen molar-refractivity contribution in [1.82, 2.24) is 19.9 Å². The largest absolute Gasteiger partial charge is 0.324 e. The molecule has 0 aromatic carbocycles. The minimum absolute atomic E-state index is 0.0652. The lowest BCUT2D eigenvalue weighted by Crippen LogP contribution is -2.50. The molecule has 4 rings (SSSR count). The number of nitrogens with zero attached hydrogens (tertiary/aromatic N) is 3. The Balaban J connectivity index is 1.43. The Morgan fingerprint density at radius 2 is 2.10 bits per heavy atom. The summed E-state index contributed by atoms with van der Waals surface area (Å²) < 4.78 is 2.54. The van der Waals surface area contributed by atoms with Crippen LogP contribution in [0.2, 0.25) is 0 Å². The van der Waals surface area contributed by atoms with Gasteiger partial charge in [-0.2, -0.15) is 5.10 Å². The highest BCUT2D eigenvalue weighted by atomic mass is 79.9. The summed E-state index contributed by atoms with van der Waals surface area (Å²) in [6.07, 6.45) is 8.30. The maximum absolute atomic E-state index is 12.7. The van der Waals surface area contributed by atoms with Crippen LogP contribution in [-0.2, 0) is 4.79 Å². The smallest absolute Gasteiger partial charge is 0.260 e. The van der Waals surface area contributed by atoms with Crippen LogP contribution in [0.5, 0.6) is 0 Å². The van der Waals surface area contributed by atoms with Crippen LogP contribution in [0.4, 0.5) is 11.4 Å². The fourth-order valence-corrected chi connectivity index (χ4v) is 4.66. The van der Waals surface area contributed by atoms with Gasteiger partial charge < -0.3 is 16.0 Å². The maximum Gasteiger partial charge on any atom is 0.260 e. The molecular formula is C19H21BrN6O2S. The molecule has 8 nitrogen and oxygen atoms in total. The van der Waals surface area contributed by atoms with E-state index in [1.165, 1.54) is 24.0 Å². The van der Waals surface area contributed by atoms with Gasteiger partial charge in [-0.25, -0.2) is 4.52 Å². The van der Waals surface area contributed by atoms with Crippen molar-refractivity contribution in [3.05, 3.63) is 39.7 Å². The molecule has 0 radical (unpaired) electrons. The minimum Gasteiger partial charge on any atom is -0.324 e. The number of aromatic nitrogens is 3. The molecule has 29 heavy (non-hydrogen) atoms. The zero-order chi connectivity index (χ0) is 20.6. The van der Waals surface area contributed by atoms with Gasteiger partial charge in [0.2, 0.25) is 5.91 Å². The van der Waals surface area contributed by atoms with E-state index in [0.29, 0.717) is 22.6 Å². The molecule has 3 heterocycles. The van der Waals surface area contributed by atoms with E-state index in [4.69, 9.17) is 0 Å². The fourth-order valence-electron chi connectivity index (χ4n) is 3.22. The van der Waals surface area contributed by atoms with Gasteiger partial charge in [0.05, 0.1) is 51.6 Å². The van der Waals surface area contributed by atoms with Gasteiger partial charge in [0.1, 0.15) is 4.83 Å². The highest BCUT2D eigenvalue weighted by Crippen LogP contribution is 2.30. The van der Waals surface area contributed by atoms with Crippen molar-refractivity contribution in [1.29, 1.82) is 0 Å². The number of thiazole rings is 1. The van der Waals surface area contributed by atoms with Crippen molar-refractivity contribution >= 4 is 55.3 Å². The van der Waals surface area contributed by atoms with Gasteiger partial charge in [0.15, 0.2) is 0 Å². The van der Waals surface area contributed by atoms with Crippen LogP contribution in [0.25, 0.3) is 4.83 Å². The van der Waals surface area contributed by atoms with E-state index in [-0.39, 0.29) is 23.9 Å². The number of fused-ring (bicyclic) bond motifs is 1. The van der Waals surface area contributed by atoms with Gasteiger partial charge in [0, 0.05) is 5.54 Å². The van der Waals surface area contributed by atoms with Crippen LogP contribution in [0, 0.1) is 6.92 Å². The van der Waals surface area contributed by atoms with Gasteiger partial charge in [-0.05, 0) is 55.1 Å². The predicted octanol–water partition coefficient (Wildman–Crippen LogP) is 3.58. The molecule has 3 N–H and O–H groups in total. The normalized spacial score (nSPS) is 15.1. The van der Waals surface area contributed by atoms with Crippen molar-refractivity contribution in [2.24, 2.45) is 0 Å². The Kier molecular flexibility index (Phi) is 5.41. The molecule has 0 bridgehead atoms. The Morgan fingerprint density at radius 3 is 2.83 bits per heavy atom. The molecule has 0 atom stereocenters. The number of anilines is 2. The van der Waals surface area contributed by atoms with Crippen LogP contribution in [0.15, 0.2) is 28.4 Å². The number of nitrogens with one attached hydrogen (secondary N) is 3. The van der Waals surface area contributed by atoms with E-state index >= 15 is 0 Å². The van der Waals surface area contributed by atoms with Crippen LogP contribution < -0.4 is 16.0 Å². The second kappa shape index (κ2) is 7.85. The molecule has 1 fully saturated rings. The molecule has 3 aromatic heterocycles. The monoisotopic (exact) mass is 476 g/mol. The van der Waals surface area contributed by atoms with Crippen molar-refractivity contribution < 1.29 is 9.59 Å². The van der Waals surface area contributed by atoms with Crippen LogP contribution in [-0.4, -0.2) is 38.5 Å². The summed E-state index contributed by atoms with van der Waals surface area (Å²) in [6, 6.07) is 1.72. The third-order valence-corrected chi connectivity index (χ3v) is 6.76. The molecule has 0 unspecified atom stereocenters. The number of amides is 2. The highest BCUT2D eigenvalue weighted by molar-refractivity contribution is 9.11. The maximum atomic E-state index is 12.7. The van der Waals surface area contributed by atoms with Gasteiger partial charge in [-0.15, -0.1) is 11.3 Å². The summed E-state index contributed by atoms with van der Waals surface area (Å²) in [5, 5.41) is 13.2. The van der Waals surface area contributed by atoms with Crippen molar-refractivity contribution in [3.8, 4) is 0 Å². The van der Waals surface area contributed by atoms with Gasteiger partial charge >= 0.3 is 0 Å². The lowest BCUT2D eigenvalue weighted by atomic mass is 9.78. The average molecular weight is 477 g/mol. The number of hydrogen-bond donors (Lipinski definition) is 3. The van der Waals surface area contributed by atoms with Gasteiger partial charge in [-0.3, -0.25) is 14.6 Å². The first-order valence-corrected chi connectivity index (χ1v) is 10.9. The zero-order valence-corrected chi connectivity index (χ0v) is 18.5. The lowest BCUT2D eigenvalue weighted by Gasteiger charge is -2.39. The number of aryl methyl sites for hydroxylation is 1. The van der Waals surface area contributed by atoms with E-state index in [1.807, 2.05) is 0 Å². The predicted molar refractivity (Wildman–Crippen MR) is 117 cm³/mol. The molecule has 3 aromatic rings. The van der Waals surface area contributed by atoms with Crippen LogP contribution in [0.3, 0.4) is 0 Å². The van der Waals surface area contributed by atoms with Crippen molar-refractivity contribution in [2.75, 3.05) is 17.2 Å². The first-order chi connectivity index (χ1) is 13.8. The Bertz CT molecular complexity index is 1090. The average Bonchev–Trinajstić information content (AvgIpc) is 3.20. The van der Waals surface area contributed by atoms with Gasteiger partial charge in [-0.1, -0.05) is 0 Å². The second-order valence-corrected chi connectivity index (χ2v) is 9.88. The number of carbonyl (C=O) groups is 2. The standard InChI is InChI=1S/C19H21BrN6O2S/c1-11-14(25-17(28)13-8-23-26-10-15(20)29-18(13)26)6-12(7-21-11)24-16(27)9-22-19(2)4-3-5-19/h6-8,10,22H,3-5,9H2,1-2H3,(H,24,27)(H,25,28). The first-order valence-electron chi connectivity index (χ1n) is 9.28. The zero-order valence-electron chi connectivity index (χ0n) is 16.1. The lowest BCUT2D eigenvalue weighted by molar-refractivity contribution is -0.115. The number of pyridine rings is 1. The van der Waals surface area contributed by atoms with Crippen molar-refractivity contribution in [2.45, 2.75) is 38.6 Å². The number of hydrogen-bond acceptors (Lipinski definition) is 6. The third kappa shape index (κ3) is 4.34. The summed E-state index contributed by atoms with van der Waals surface area (Å²) in [5.41, 5.74) is 2.28. The Labute approximate surface area is 180 Å². The molecule has 2 amide bonds. The first kappa shape index (κ1) is 20.0. The van der Waals surface area contributed by atoms with E-state index in [1.54, 1.807) is 29.9 Å². The number of halogens is 1. The van der Waals surface area contributed by atoms with E-state index in [0.717, 1.165) is 21.5 Å². The molecule has 1 saturated carbocycles. The molecule has 1 aliphatic carbocycles. The van der Waals surface area contributed by atoms with E-state index in [2.05, 4.69) is 48.9 Å². The summed E-state index contributed by atoms with van der Waals surface area (Å²) in [6.45, 7) is 4.17. The molecule has 1 aliphatic rings. The topological polar surface area (TPSA) is 100 Å². The SMILES string of the molecule is Cc1ncc(NC(=O)CNC2(C)CCC2)cc1NC(=O)c1cnn2cc(Br)sc12. The minimum atomic E-state index is -0.276. The van der Waals surface area contributed by atoms with Gasteiger partial charge in [0.25, 0.3) is 5.91 Å². The molecule has 0 saturated heterocycles. The molecule has 0 spiro atoms. The number of carbonyl (C=O) groups excluding carboxylic acids is 2. The van der Waals surface area contributed by atoms with E-state index < -0.39 is 0 Å². The quantitative estimate of drug-likeness (QED) is 0.504. The molecule has 152 valence electrons. The van der Waals surface area contributed by atoms with Crippen molar-refractivity contribution in [3.63, 3.8) is 0 Å². The summed E-state index contributed by atoms with van der Waals surface area (Å²) in [5.74, 6) is -0.412. The summed E-state index contributed by atoms with van der Waals surface area (Å²) >= 11 is 4.83. The Hall–Kier alpha value is -2.30. The molecule has 0 aliphatic heterocycles.